The minimum Gasteiger partial charge on any atom is -0.340 e. The molecule has 0 saturated carbocycles. The van der Waals surface area contributed by atoms with E-state index < -0.39 is 9.84 Å². The number of nitrogens with zero attached hydrogens (tertiary/aromatic N) is 3. The van der Waals surface area contributed by atoms with Crippen LogP contribution in [-0.4, -0.2) is 86.6 Å². The van der Waals surface area contributed by atoms with Crippen molar-refractivity contribution < 1.29 is 13.2 Å². The third-order valence-corrected chi connectivity index (χ3v) is 10.1. The molecule has 0 atom stereocenters. The first-order chi connectivity index (χ1) is 21.7. The Bertz CT molecular complexity index is 1400. The highest BCUT2D eigenvalue weighted by Crippen LogP contribution is 2.20. The number of likely N-dealkylation sites (tertiary alicyclic amines) is 2. The van der Waals surface area contributed by atoms with Crippen molar-refractivity contribution in [2.75, 3.05) is 45.5 Å². The van der Waals surface area contributed by atoms with Crippen molar-refractivity contribution in [2.24, 2.45) is 0 Å². The molecule has 1 N–H and O–H groups in total. The van der Waals surface area contributed by atoms with Gasteiger partial charge in [0.2, 0.25) is 5.91 Å². The maximum absolute atomic E-state index is 12.9. The summed E-state index contributed by atoms with van der Waals surface area (Å²) in [4.78, 5) is 20.2. The number of nitrogens with one attached hydrogen (secondary N) is 1. The number of carbonyl (C=O) groups excluding carboxylic acids is 1. The van der Waals surface area contributed by atoms with E-state index >= 15 is 0 Å². The standard InChI is InChI=1S/C23H30N2O3S.C14H22N2.2ClH/c1-3-25(23(26)17-19-9-11-22(12-10-19)29(2,27)28)21-13-15-24(16-14-21)18-20-7-5-4-6-8-20;1-2-15-14-8-10-16(11-9-14)12-13-6-4-3-5-7-13;;/h4-12,21H,3,13-18H2,1-2H3;3-7,14-15H,2,8-12H2,1H3;2*1H. The van der Waals surface area contributed by atoms with E-state index in [-0.39, 0.29) is 41.7 Å². The van der Waals surface area contributed by atoms with E-state index in [9.17, 15) is 13.2 Å². The molecule has 10 heteroatoms. The summed E-state index contributed by atoms with van der Waals surface area (Å²) >= 11 is 0. The molecule has 5 rings (SSSR count). The molecular weight excluding hydrogens is 651 g/mol. The van der Waals surface area contributed by atoms with Gasteiger partial charge in [-0.15, -0.1) is 24.8 Å². The van der Waals surface area contributed by atoms with E-state index in [0.29, 0.717) is 13.0 Å². The second-order valence-corrected chi connectivity index (χ2v) is 14.4. The number of hydrogen-bond acceptors (Lipinski definition) is 6. The van der Waals surface area contributed by atoms with Crippen LogP contribution in [0, 0.1) is 0 Å². The van der Waals surface area contributed by atoms with Crippen molar-refractivity contribution in [1.82, 2.24) is 20.0 Å². The lowest BCUT2D eigenvalue weighted by Crippen LogP contribution is -2.47. The molecule has 0 bridgehead atoms. The van der Waals surface area contributed by atoms with E-state index in [1.807, 2.05) is 17.9 Å². The molecule has 0 aliphatic carbocycles. The fraction of sp³-hybridized carbons (Fsp3) is 0.486. The van der Waals surface area contributed by atoms with Gasteiger partial charge in [-0.3, -0.25) is 14.6 Å². The second kappa shape index (κ2) is 20.8. The van der Waals surface area contributed by atoms with Gasteiger partial charge in [0.25, 0.3) is 0 Å². The van der Waals surface area contributed by atoms with Gasteiger partial charge in [-0.1, -0.05) is 79.7 Å². The van der Waals surface area contributed by atoms with Gasteiger partial charge in [-0.25, -0.2) is 8.42 Å². The van der Waals surface area contributed by atoms with E-state index in [2.05, 4.69) is 76.6 Å². The molecule has 2 aliphatic rings. The quantitative estimate of drug-likeness (QED) is 0.255. The summed E-state index contributed by atoms with van der Waals surface area (Å²) in [6.45, 7) is 12.5. The van der Waals surface area contributed by atoms with Crippen molar-refractivity contribution in [3.63, 3.8) is 0 Å². The molecule has 260 valence electrons. The molecule has 47 heavy (non-hydrogen) atoms. The molecule has 0 aromatic heterocycles. The first-order valence-electron chi connectivity index (χ1n) is 16.6. The third kappa shape index (κ3) is 13.5. The predicted molar refractivity (Wildman–Crippen MR) is 198 cm³/mol. The van der Waals surface area contributed by atoms with Crippen molar-refractivity contribution in [1.29, 1.82) is 0 Å². The fourth-order valence-electron chi connectivity index (χ4n) is 6.43. The van der Waals surface area contributed by atoms with Gasteiger partial charge in [0.15, 0.2) is 9.84 Å². The average molecular weight is 706 g/mol. The predicted octanol–water partition coefficient (Wildman–Crippen LogP) is 6.25. The molecule has 2 fully saturated rings. The Morgan fingerprint density at radius 2 is 1.19 bits per heavy atom. The Hall–Kier alpha value is -2.46. The van der Waals surface area contributed by atoms with Crippen molar-refractivity contribution in [3.8, 4) is 0 Å². The first-order valence-corrected chi connectivity index (χ1v) is 18.5. The highest BCUT2D eigenvalue weighted by Gasteiger charge is 2.27. The van der Waals surface area contributed by atoms with Gasteiger partial charge in [0.05, 0.1) is 11.3 Å². The third-order valence-electron chi connectivity index (χ3n) is 8.94. The summed E-state index contributed by atoms with van der Waals surface area (Å²) in [7, 11) is -3.21. The van der Waals surface area contributed by atoms with Crippen molar-refractivity contribution >= 4 is 40.6 Å². The zero-order chi connectivity index (χ0) is 32.1. The number of rotatable bonds is 11. The molecule has 3 aromatic carbocycles. The number of sulfone groups is 1. The van der Waals surface area contributed by atoms with Gasteiger partial charge in [0, 0.05) is 51.1 Å². The number of halogens is 2. The number of likely N-dealkylation sites (N-methyl/N-ethyl adjacent to an activating group) is 1. The number of carbonyl (C=O) groups is 1. The number of hydrogen-bond donors (Lipinski definition) is 1. The van der Waals surface area contributed by atoms with Crippen molar-refractivity contribution in [3.05, 3.63) is 102 Å². The molecule has 7 nitrogen and oxygen atoms in total. The van der Waals surface area contributed by atoms with Crippen LogP contribution in [0.15, 0.2) is 89.8 Å². The van der Waals surface area contributed by atoms with Crippen LogP contribution in [0.1, 0.15) is 56.2 Å². The highest BCUT2D eigenvalue weighted by molar-refractivity contribution is 7.90. The number of amides is 1. The first kappa shape index (κ1) is 40.7. The van der Waals surface area contributed by atoms with Gasteiger partial charge in [-0.2, -0.15) is 0 Å². The summed E-state index contributed by atoms with van der Waals surface area (Å²) < 4.78 is 23.2. The smallest absolute Gasteiger partial charge is 0.227 e. The lowest BCUT2D eigenvalue weighted by molar-refractivity contribution is -0.133. The number of benzene rings is 3. The van der Waals surface area contributed by atoms with Crippen LogP contribution in [-0.2, 0) is 34.1 Å². The van der Waals surface area contributed by atoms with E-state index in [1.54, 1.807) is 24.3 Å². The lowest BCUT2D eigenvalue weighted by atomic mass is 10.0. The highest BCUT2D eigenvalue weighted by atomic mass is 35.5. The summed E-state index contributed by atoms with van der Waals surface area (Å²) in [6, 6.07) is 28.9. The molecule has 2 saturated heterocycles. The van der Waals surface area contributed by atoms with Crippen molar-refractivity contribution in [2.45, 2.75) is 76.0 Å². The van der Waals surface area contributed by atoms with E-state index in [1.165, 1.54) is 43.3 Å². The Morgan fingerprint density at radius 3 is 1.62 bits per heavy atom. The largest absolute Gasteiger partial charge is 0.340 e. The maximum atomic E-state index is 12.9. The molecule has 2 aliphatic heterocycles. The molecule has 3 aromatic rings. The maximum Gasteiger partial charge on any atom is 0.227 e. The Morgan fingerprint density at radius 1 is 0.723 bits per heavy atom. The molecule has 0 unspecified atom stereocenters. The van der Waals surface area contributed by atoms with Gasteiger partial charge in [-0.05, 0) is 81.1 Å². The zero-order valence-corrected chi connectivity index (χ0v) is 30.7. The summed E-state index contributed by atoms with van der Waals surface area (Å²) in [6.07, 6.45) is 6.05. The zero-order valence-electron chi connectivity index (χ0n) is 28.2. The van der Waals surface area contributed by atoms with E-state index in [0.717, 1.165) is 57.2 Å². The fourth-order valence-corrected chi connectivity index (χ4v) is 7.06. The van der Waals surface area contributed by atoms with Crippen LogP contribution < -0.4 is 5.32 Å². The van der Waals surface area contributed by atoms with E-state index in [4.69, 9.17) is 0 Å². The lowest BCUT2D eigenvalue weighted by Gasteiger charge is -2.38. The summed E-state index contributed by atoms with van der Waals surface area (Å²) in [5.41, 5.74) is 3.61. The van der Waals surface area contributed by atoms with Crippen LogP contribution in [0.5, 0.6) is 0 Å². The molecular formula is C37H54Cl2N4O3S. The molecule has 2 heterocycles. The average Bonchev–Trinajstić information content (AvgIpc) is 3.04. The Labute approximate surface area is 295 Å². The molecule has 1 amide bonds. The van der Waals surface area contributed by atoms with Crippen LogP contribution in [0.2, 0.25) is 0 Å². The van der Waals surface area contributed by atoms with Crippen LogP contribution in [0.4, 0.5) is 0 Å². The van der Waals surface area contributed by atoms with Crippen LogP contribution in [0.3, 0.4) is 0 Å². The SMILES string of the molecule is CCN(C(=O)Cc1ccc(S(C)(=O)=O)cc1)C1CCN(Cc2ccccc2)CC1.CCNC1CCN(Cc2ccccc2)CC1.Cl.Cl. The molecule has 0 spiro atoms. The second-order valence-electron chi connectivity index (χ2n) is 12.4. The normalized spacial score (nSPS) is 16.2. The Kier molecular flexibility index (Phi) is 18.0. The van der Waals surface area contributed by atoms with Crippen LogP contribution >= 0.6 is 24.8 Å². The Balaban J connectivity index is 0.000000363. The number of piperidine rings is 2. The summed E-state index contributed by atoms with van der Waals surface area (Å²) in [5, 5.41) is 3.54. The minimum atomic E-state index is -3.21. The van der Waals surface area contributed by atoms with Crippen LogP contribution in [0.25, 0.3) is 0 Å². The van der Waals surface area contributed by atoms with Gasteiger partial charge in [0.1, 0.15) is 0 Å². The van der Waals surface area contributed by atoms with Gasteiger partial charge >= 0.3 is 0 Å². The molecule has 0 radical (unpaired) electrons. The monoisotopic (exact) mass is 704 g/mol. The van der Waals surface area contributed by atoms with Gasteiger partial charge < -0.3 is 10.2 Å². The minimum absolute atomic E-state index is 0. The topological polar surface area (TPSA) is 73.0 Å². The summed E-state index contributed by atoms with van der Waals surface area (Å²) in [5.74, 6) is 0.112.